The topological polar surface area (TPSA) is 72.3 Å². The highest BCUT2D eigenvalue weighted by Gasteiger charge is 2.16. The van der Waals surface area contributed by atoms with Crippen LogP contribution in [0.1, 0.15) is 29.3 Å². The molecule has 0 saturated heterocycles. The molecule has 0 aliphatic rings. The lowest BCUT2D eigenvalue weighted by Gasteiger charge is -2.12. The quantitative estimate of drug-likeness (QED) is 0.333. The van der Waals surface area contributed by atoms with Gasteiger partial charge in [0.05, 0.1) is 0 Å². The third-order valence-electron chi connectivity index (χ3n) is 4.78. The lowest BCUT2D eigenvalue weighted by atomic mass is 9.99. The highest BCUT2D eigenvalue weighted by atomic mass is 16.5. The monoisotopic (exact) mass is 361 g/mol. The third-order valence-corrected chi connectivity index (χ3v) is 4.78. The van der Waals surface area contributed by atoms with Crippen LogP contribution in [-0.2, 0) is 11.2 Å². The Morgan fingerprint density at radius 2 is 1.89 bits per heavy atom. The van der Waals surface area contributed by atoms with E-state index >= 15 is 0 Å². The Kier molecular flexibility index (Phi) is 4.07. The molecule has 5 heteroatoms. The van der Waals surface area contributed by atoms with E-state index in [9.17, 15) is 9.59 Å². The van der Waals surface area contributed by atoms with Crippen LogP contribution in [0.25, 0.3) is 21.9 Å². The standard InChI is InChI=1S/C22H19NO4/c1-12-8-22(25)27-21-10-15(20(11-17(12)21)26-14(3)24)9-18-13(2)23-19-7-5-4-6-16(18)19/h4-8,10-11,23H,9H2,1-3H3. The minimum atomic E-state index is -0.394. The number of aromatic nitrogens is 1. The average Bonchev–Trinajstić information content (AvgIpc) is 2.91. The number of hydrogen-bond donors (Lipinski definition) is 1. The van der Waals surface area contributed by atoms with Crippen molar-refractivity contribution in [2.24, 2.45) is 0 Å². The number of carbonyl (C=O) groups excluding carboxylic acids is 1. The largest absolute Gasteiger partial charge is 0.426 e. The molecule has 27 heavy (non-hydrogen) atoms. The summed E-state index contributed by atoms with van der Waals surface area (Å²) in [5, 5.41) is 1.87. The van der Waals surface area contributed by atoms with Gasteiger partial charge in [-0.2, -0.15) is 0 Å². The Morgan fingerprint density at radius 1 is 1.11 bits per heavy atom. The van der Waals surface area contributed by atoms with E-state index in [0.29, 0.717) is 17.8 Å². The van der Waals surface area contributed by atoms with E-state index in [1.165, 1.54) is 13.0 Å². The third kappa shape index (κ3) is 3.12. The predicted molar refractivity (Wildman–Crippen MR) is 104 cm³/mol. The summed E-state index contributed by atoms with van der Waals surface area (Å²) in [6.45, 7) is 5.23. The molecule has 0 aliphatic heterocycles. The molecule has 0 unspecified atom stereocenters. The van der Waals surface area contributed by atoms with Gasteiger partial charge in [0, 0.05) is 47.0 Å². The number of para-hydroxylation sites is 1. The maximum atomic E-state index is 11.8. The Balaban J connectivity index is 1.92. The zero-order chi connectivity index (χ0) is 19.1. The van der Waals surface area contributed by atoms with E-state index in [1.807, 2.05) is 32.0 Å². The molecular formula is C22H19NO4. The molecule has 136 valence electrons. The Bertz CT molecular complexity index is 1250. The average molecular weight is 361 g/mol. The number of aryl methyl sites for hydroxylation is 2. The van der Waals surface area contributed by atoms with Crippen molar-refractivity contribution in [3.05, 3.63) is 75.3 Å². The van der Waals surface area contributed by atoms with Crippen LogP contribution in [0.3, 0.4) is 0 Å². The van der Waals surface area contributed by atoms with Crippen LogP contribution < -0.4 is 10.4 Å². The van der Waals surface area contributed by atoms with Crippen molar-refractivity contribution in [2.75, 3.05) is 0 Å². The number of nitrogens with one attached hydrogen (secondary N) is 1. The van der Waals surface area contributed by atoms with Gasteiger partial charge in [0.2, 0.25) is 0 Å². The van der Waals surface area contributed by atoms with Crippen molar-refractivity contribution in [3.63, 3.8) is 0 Å². The van der Waals surface area contributed by atoms with Crippen LogP contribution in [-0.4, -0.2) is 11.0 Å². The van der Waals surface area contributed by atoms with Gasteiger partial charge in [-0.25, -0.2) is 4.79 Å². The normalized spacial score (nSPS) is 11.2. The summed E-state index contributed by atoms with van der Waals surface area (Å²) in [6.07, 6.45) is 0.548. The molecule has 0 aliphatic carbocycles. The van der Waals surface area contributed by atoms with Crippen LogP contribution in [0.15, 0.2) is 51.7 Å². The van der Waals surface area contributed by atoms with Crippen LogP contribution in [0.4, 0.5) is 0 Å². The molecule has 2 aromatic heterocycles. The zero-order valence-electron chi connectivity index (χ0n) is 15.4. The van der Waals surface area contributed by atoms with Crippen LogP contribution in [0.2, 0.25) is 0 Å². The Labute approximate surface area is 155 Å². The van der Waals surface area contributed by atoms with E-state index in [-0.39, 0.29) is 5.97 Å². The van der Waals surface area contributed by atoms with Gasteiger partial charge >= 0.3 is 11.6 Å². The molecule has 2 aromatic carbocycles. The van der Waals surface area contributed by atoms with E-state index in [2.05, 4.69) is 11.1 Å². The number of ether oxygens (including phenoxy) is 1. The molecule has 5 nitrogen and oxygen atoms in total. The Morgan fingerprint density at radius 3 is 2.67 bits per heavy atom. The second-order valence-corrected chi connectivity index (χ2v) is 6.75. The van der Waals surface area contributed by atoms with E-state index in [0.717, 1.165) is 38.7 Å². The molecule has 4 aromatic rings. The number of H-pyrrole nitrogens is 1. The molecule has 0 fully saturated rings. The fourth-order valence-electron chi connectivity index (χ4n) is 3.53. The molecule has 2 heterocycles. The van der Waals surface area contributed by atoms with E-state index in [1.54, 1.807) is 12.1 Å². The number of carbonyl (C=O) groups is 1. The zero-order valence-corrected chi connectivity index (χ0v) is 15.4. The molecule has 0 saturated carbocycles. The van der Waals surface area contributed by atoms with Gasteiger partial charge in [-0.15, -0.1) is 0 Å². The number of benzene rings is 2. The summed E-state index contributed by atoms with van der Waals surface area (Å²) in [7, 11) is 0. The number of hydrogen-bond acceptors (Lipinski definition) is 4. The van der Waals surface area contributed by atoms with Gasteiger partial charge in [0.25, 0.3) is 0 Å². The van der Waals surface area contributed by atoms with Crippen molar-refractivity contribution in [1.29, 1.82) is 0 Å². The molecule has 0 bridgehead atoms. The fraction of sp³-hybridized carbons (Fsp3) is 0.182. The molecule has 0 radical (unpaired) electrons. The molecule has 0 atom stereocenters. The molecule has 0 spiro atoms. The van der Waals surface area contributed by atoms with E-state index < -0.39 is 5.63 Å². The van der Waals surface area contributed by atoms with Crippen LogP contribution in [0, 0.1) is 13.8 Å². The van der Waals surface area contributed by atoms with Crippen molar-refractivity contribution in [2.45, 2.75) is 27.2 Å². The van der Waals surface area contributed by atoms with Crippen molar-refractivity contribution < 1.29 is 13.9 Å². The van der Waals surface area contributed by atoms with Crippen LogP contribution >= 0.6 is 0 Å². The van der Waals surface area contributed by atoms with Gasteiger partial charge in [-0.1, -0.05) is 18.2 Å². The highest BCUT2D eigenvalue weighted by molar-refractivity contribution is 5.87. The maximum Gasteiger partial charge on any atom is 0.336 e. The first-order valence-corrected chi connectivity index (χ1v) is 8.74. The number of rotatable bonds is 3. The molecule has 1 N–H and O–H groups in total. The van der Waals surface area contributed by atoms with Crippen molar-refractivity contribution in [3.8, 4) is 5.75 Å². The summed E-state index contributed by atoms with van der Waals surface area (Å²) in [5.41, 5.74) is 4.90. The highest BCUT2D eigenvalue weighted by Crippen LogP contribution is 2.32. The van der Waals surface area contributed by atoms with Gasteiger partial charge in [0.15, 0.2) is 0 Å². The smallest absolute Gasteiger partial charge is 0.336 e. The minimum absolute atomic E-state index is 0.388. The first-order valence-electron chi connectivity index (χ1n) is 8.74. The van der Waals surface area contributed by atoms with E-state index in [4.69, 9.17) is 9.15 Å². The number of fused-ring (bicyclic) bond motifs is 2. The Hall–Kier alpha value is -3.34. The first-order chi connectivity index (χ1) is 12.9. The SMILES string of the molecule is CC(=O)Oc1cc2c(C)cc(=O)oc2cc1Cc1c(C)[nH]c2ccccc12. The van der Waals surface area contributed by atoms with Crippen molar-refractivity contribution in [1.82, 2.24) is 4.98 Å². The molecular weight excluding hydrogens is 342 g/mol. The summed E-state index contributed by atoms with van der Waals surface area (Å²) in [6, 6.07) is 13.1. The maximum absolute atomic E-state index is 11.8. The predicted octanol–water partition coefficient (Wildman–Crippen LogP) is 4.41. The van der Waals surface area contributed by atoms with Gasteiger partial charge in [-0.05, 0) is 43.2 Å². The lowest BCUT2D eigenvalue weighted by molar-refractivity contribution is -0.131. The second kappa shape index (κ2) is 6.43. The molecule has 0 amide bonds. The summed E-state index contributed by atoms with van der Waals surface area (Å²) in [4.78, 5) is 26.8. The summed E-state index contributed by atoms with van der Waals surface area (Å²) >= 11 is 0. The summed E-state index contributed by atoms with van der Waals surface area (Å²) < 4.78 is 10.8. The second-order valence-electron chi connectivity index (χ2n) is 6.75. The van der Waals surface area contributed by atoms with Gasteiger partial charge in [0.1, 0.15) is 11.3 Å². The van der Waals surface area contributed by atoms with Crippen molar-refractivity contribution >= 4 is 27.8 Å². The number of aromatic amines is 1. The van der Waals surface area contributed by atoms with Gasteiger partial charge in [-0.3, -0.25) is 4.79 Å². The lowest BCUT2D eigenvalue weighted by Crippen LogP contribution is -2.06. The minimum Gasteiger partial charge on any atom is -0.426 e. The van der Waals surface area contributed by atoms with Crippen LogP contribution in [0.5, 0.6) is 5.75 Å². The fourth-order valence-corrected chi connectivity index (χ4v) is 3.53. The van der Waals surface area contributed by atoms with Gasteiger partial charge < -0.3 is 14.1 Å². The molecule has 4 rings (SSSR count). The first kappa shape index (κ1) is 17.1. The number of esters is 1. The summed E-state index contributed by atoms with van der Waals surface area (Å²) in [5.74, 6) is 0.0953.